The predicted octanol–water partition coefficient (Wildman–Crippen LogP) is 0.369. The van der Waals surface area contributed by atoms with Crippen LogP contribution in [-0.2, 0) is 13.1 Å². The van der Waals surface area contributed by atoms with Gasteiger partial charge in [0, 0.05) is 45.1 Å². The SMILES string of the molecule is CCCn1ccnc1CN1CCN(C(=O)c2ncn[nH]2)CC1. The van der Waals surface area contributed by atoms with Crippen LogP contribution in [0.4, 0.5) is 0 Å². The van der Waals surface area contributed by atoms with Gasteiger partial charge in [0.05, 0.1) is 6.54 Å². The molecule has 1 saturated heterocycles. The van der Waals surface area contributed by atoms with Crippen molar-refractivity contribution < 1.29 is 4.79 Å². The number of carbonyl (C=O) groups excluding carboxylic acids is 1. The van der Waals surface area contributed by atoms with E-state index < -0.39 is 0 Å². The Morgan fingerprint density at radius 2 is 2.09 bits per heavy atom. The Labute approximate surface area is 129 Å². The Morgan fingerprint density at radius 3 is 2.77 bits per heavy atom. The molecule has 0 unspecified atom stereocenters. The molecule has 22 heavy (non-hydrogen) atoms. The van der Waals surface area contributed by atoms with E-state index in [0.29, 0.717) is 18.9 Å². The number of carbonyl (C=O) groups is 1. The summed E-state index contributed by atoms with van der Waals surface area (Å²) in [6, 6.07) is 0. The number of nitrogens with zero attached hydrogens (tertiary/aromatic N) is 6. The second-order valence-electron chi connectivity index (χ2n) is 5.44. The van der Waals surface area contributed by atoms with Gasteiger partial charge in [0.2, 0.25) is 5.82 Å². The highest BCUT2D eigenvalue weighted by molar-refractivity contribution is 5.90. The van der Waals surface area contributed by atoms with Gasteiger partial charge in [-0.3, -0.25) is 14.8 Å². The first kappa shape index (κ1) is 14.7. The molecule has 0 aliphatic carbocycles. The van der Waals surface area contributed by atoms with Crippen LogP contribution in [0.3, 0.4) is 0 Å². The third-order valence-electron chi connectivity index (χ3n) is 3.91. The largest absolute Gasteiger partial charge is 0.334 e. The molecule has 1 amide bonds. The number of hydrogen-bond acceptors (Lipinski definition) is 5. The summed E-state index contributed by atoms with van der Waals surface area (Å²) in [5.74, 6) is 1.33. The highest BCUT2D eigenvalue weighted by Gasteiger charge is 2.24. The van der Waals surface area contributed by atoms with E-state index >= 15 is 0 Å². The molecule has 1 aliphatic rings. The van der Waals surface area contributed by atoms with Gasteiger partial charge in [0.25, 0.3) is 5.91 Å². The van der Waals surface area contributed by atoms with E-state index in [1.54, 1.807) is 0 Å². The second-order valence-corrected chi connectivity index (χ2v) is 5.44. The van der Waals surface area contributed by atoms with Crippen molar-refractivity contribution in [3.8, 4) is 0 Å². The molecule has 0 saturated carbocycles. The maximum Gasteiger partial charge on any atom is 0.291 e. The van der Waals surface area contributed by atoms with Crippen LogP contribution in [0.2, 0.25) is 0 Å². The van der Waals surface area contributed by atoms with Crippen molar-refractivity contribution in [2.45, 2.75) is 26.4 Å². The van der Waals surface area contributed by atoms with Crippen LogP contribution in [0.25, 0.3) is 0 Å². The number of aromatic nitrogens is 5. The van der Waals surface area contributed by atoms with Crippen LogP contribution in [0.5, 0.6) is 0 Å². The number of aromatic amines is 1. The van der Waals surface area contributed by atoms with Crippen molar-refractivity contribution in [1.82, 2.24) is 34.5 Å². The van der Waals surface area contributed by atoms with Gasteiger partial charge in [-0.2, -0.15) is 5.10 Å². The smallest absolute Gasteiger partial charge is 0.291 e. The Bertz CT molecular complexity index is 598. The highest BCUT2D eigenvalue weighted by Crippen LogP contribution is 2.09. The third kappa shape index (κ3) is 3.16. The summed E-state index contributed by atoms with van der Waals surface area (Å²) in [6.45, 7) is 7.09. The van der Waals surface area contributed by atoms with E-state index in [-0.39, 0.29) is 5.91 Å². The normalized spacial score (nSPS) is 16.1. The quantitative estimate of drug-likeness (QED) is 0.863. The van der Waals surface area contributed by atoms with Gasteiger partial charge in [0.1, 0.15) is 12.2 Å². The molecular formula is C14H21N7O. The number of amides is 1. The molecule has 3 heterocycles. The molecular weight excluding hydrogens is 282 g/mol. The van der Waals surface area contributed by atoms with Gasteiger partial charge in [-0.15, -0.1) is 0 Å². The number of rotatable bonds is 5. The second kappa shape index (κ2) is 6.69. The molecule has 1 aliphatic heterocycles. The first-order valence-corrected chi connectivity index (χ1v) is 7.65. The molecule has 2 aromatic rings. The molecule has 118 valence electrons. The Morgan fingerprint density at radius 1 is 1.27 bits per heavy atom. The number of piperazine rings is 1. The molecule has 1 N–H and O–H groups in total. The Hall–Kier alpha value is -2.22. The average molecular weight is 303 g/mol. The minimum atomic E-state index is -0.0790. The van der Waals surface area contributed by atoms with Crippen LogP contribution < -0.4 is 0 Å². The van der Waals surface area contributed by atoms with Crippen molar-refractivity contribution in [2.75, 3.05) is 26.2 Å². The van der Waals surface area contributed by atoms with E-state index in [1.807, 2.05) is 17.3 Å². The standard InChI is InChI=1S/C14H21N7O/c1-2-4-20-5-3-15-12(20)10-19-6-8-21(9-7-19)14(22)13-16-11-17-18-13/h3,5,11H,2,4,6-10H2,1H3,(H,16,17,18). The number of aryl methyl sites for hydroxylation is 1. The monoisotopic (exact) mass is 303 g/mol. The fraction of sp³-hybridized carbons (Fsp3) is 0.571. The maximum absolute atomic E-state index is 12.2. The molecule has 2 aromatic heterocycles. The third-order valence-corrected chi connectivity index (χ3v) is 3.91. The van der Waals surface area contributed by atoms with Crippen LogP contribution >= 0.6 is 0 Å². The summed E-state index contributed by atoms with van der Waals surface area (Å²) in [5.41, 5.74) is 0. The fourth-order valence-electron chi connectivity index (χ4n) is 2.70. The Kier molecular flexibility index (Phi) is 4.47. The predicted molar refractivity (Wildman–Crippen MR) is 80.1 cm³/mol. The lowest BCUT2D eigenvalue weighted by molar-refractivity contribution is 0.0612. The zero-order valence-corrected chi connectivity index (χ0v) is 12.8. The zero-order chi connectivity index (χ0) is 15.4. The van der Waals surface area contributed by atoms with Crippen molar-refractivity contribution in [3.05, 3.63) is 30.4 Å². The molecule has 0 aromatic carbocycles. The minimum Gasteiger partial charge on any atom is -0.334 e. The molecule has 3 rings (SSSR count). The van der Waals surface area contributed by atoms with Crippen LogP contribution in [0.15, 0.2) is 18.7 Å². The summed E-state index contributed by atoms with van der Waals surface area (Å²) < 4.78 is 2.20. The molecule has 0 atom stereocenters. The first-order valence-electron chi connectivity index (χ1n) is 7.65. The van der Waals surface area contributed by atoms with Crippen molar-refractivity contribution in [2.24, 2.45) is 0 Å². The number of imidazole rings is 1. The molecule has 0 spiro atoms. The van der Waals surface area contributed by atoms with Gasteiger partial charge < -0.3 is 9.47 Å². The summed E-state index contributed by atoms with van der Waals surface area (Å²) >= 11 is 0. The first-order chi connectivity index (χ1) is 10.8. The lowest BCUT2D eigenvalue weighted by Gasteiger charge is -2.34. The molecule has 8 heteroatoms. The van der Waals surface area contributed by atoms with Crippen molar-refractivity contribution >= 4 is 5.91 Å². The topological polar surface area (TPSA) is 82.9 Å². The maximum atomic E-state index is 12.2. The average Bonchev–Trinajstić information content (AvgIpc) is 3.20. The lowest BCUT2D eigenvalue weighted by Crippen LogP contribution is -2.48. The molecule has 0 bridgehead atoms. The van der Waals surface area contributed by atoms with Gasteiger partial charge in [-0.25, -0.2) is 9.97 Å². The number of nitrogens with one attached hydrogen (secondary N) is 1. The molecule has 0 radical (unpaired) electrons. The molecule has 1 fully saturated rings. The van der Waals surface area contributed by atoms with E-state index in [2.05, 4.69) is 36.6 Å². The van der Waals surface area contributed by atoms with E-state index in [4.69, 9.17) is 0 Å². The van der Waals surface area contributed by atoms with Crippen LogP contribution in [0, 0.1) is 0 Å². The highest BCUT2D eigenvalue weighted by atomic mass is 16.2. The van der Waals surface area contributed by atoms with Gasteiger partial charge in [0.15, 0.2) is 0 Å². The minimum absolute atomic E-state index is 0.0790. The summed E-state index contributed by atoms with van der Waals surface area (Å²) in [6.07, 6.45) is 6.34. The fourth-order valence-corrected chi connectivity index (χ4v) is 2.70. The Balaban J connectivity index is 1.53. The lowest BCUT2D eigenvalue weighted by atomic mass is 10.3. The number of hydrogen-bond donors (Lipinski definition) is 1. The van der Waals surface area contributed by atoms with Crippen LogP contribution in [-0.4, -0.2) is 66.6 Å². The van der Waals surface area contributed by atoms with Crippen molar-refractivity contribution in [3.63, 3.8) is 0 Å². The summed E-state index contributed by atoms with van der Waals surface area (Å²) in [7, 11) is 0. The summed E-state index contributed by atoms with van der Waals surface area (Å²) in [4.78, 5) is 24.7. The van der Waals surface area contributed by atoms with Gasteiger partial charge in [-0.1, -0.05) is 6.92 Å². The molecule has 8 nitrogen and oxygen atoms in total. The van der Waals surface area contributed by atoms with Gasteiger partial charge >= 0.3 is 0 Å². The summed E-state index contributed by atoms with van der Waals surface area (Å²) in [5, 5.41) is 6.35. The van der Waals surface area contributed by atoms with Crippen LogP contribution in [0.1, 0.15) is 29.8 Å². The van der Waals surface area contributed by atoms with E-state index in [9.17, 15) is 4.79 Å². The van der Waals surface area contributed by atoms with E-state index in [0.717, 1.165) is 38.4 Å². The van der Waals surface area contributed by atoms with Gasteiger partial charge in [-0.05, 0) is 6.42 Å². The van der Waals surface area contributed by atoms with Crippen molar-refractivity contribution in [1.29, 1.82) is 0 Å². The zero-order valence-electron chi connectivity index (χ0n) is 12.8. The number of H-pyrrole nitrogens is 1. The van der Waals surface area contributed by atoms with E-state index in [1.165, 1.54) is 6.33 Å².